The van der Waals surface area contributed by atoms with E-state index in [-0.39, 0.29) is 17.6 Å². The summed E-state index contributed by atoms with van der Waals surface area (Å²) < 4.78 is 1.53. The van der Waals surface area contributed by atoms with Crippen molar-refractivity contribution in [1.82, 2.24) is 20.3 Å². The Morgan fingerprint density at radius 1 is 1.24 bits per heavy atom. The third kappa shape index (κ3) is 4.00. The van der Waals surface area contributed by atoms with Gasteiger partial charge in [0.05, 0.1) is 11.4 Å². The van der Waals surface area contributed by atoms with Gasteiger partial charge in [-0.1, -0.05) is 5.21 Å². The Kier molecular flexibility index (Phi) is 4.46. The fourth-order valence-corrected chi connectivity index (χ4v) is 2.29. The first-order valence-corrected chi connectivity index (χ1v) is 7.79. The predicted molar refractivity (Wildman–Crippen MR) is 87.5 cm³/mol. The van der Waals surface area contributed by atoms with Gasteiger partial charge >= 0.3 is 5.97 Å². The molecule has 0 unspecified atom stereocenters. The Labute approximate surface area is 143 Å². The van der Waals surface area contributed by atoms with Gasteiger partial charge in [-0.2, -0.15) is 0 Å². The first-order valence-electron chi connectivity index (χ1n) is 7.79. The molecule has 2 amide bonds. The van der Waals surface area contributed by atoms with E-state index < -0.39 is 18.3 Å². The predicted octanol–water partition coefficient (Wildman–Crippen LogP) is 0.881. The van der Waals surface area contributed by atoms with Crippen LogP contribution >= 0.6 is 0 Å². The van der Waals surface area contributed by atoms with Crippen LogP contribution in [0.15, 0.2) is 24.3 Å². The molecule has 0 spiro atoms. The summed E-state index contributed by atoms with van der Waals surface area (Å²) >= 11 is 0. The van der Waals surface area contributed by atoms with Crippen molar-refractivity contribution in [2.45, 2.75) is 32.2 Å². The topological polar surface area (TPSA) is 126 Å². The molecule has 25 heavy (non-hydrogen) atoms. The number of hydrogen-bond donors (Lipinski definition) is 3. The average molecular weight is 343 g/mol. The number of amides is 2. The van der Waals surface area contributed by atoms with Gasteiger partial charge in [0.1, 0.15) is 6.42 Å². The summed E-state index contributed by atoms with van der Waals surface area (Å²) in [5, 5.41) is 21.9. The molecule has 1 aliphatic carbocycles. The van der Waals surface area contributed by atoms with Gasteiger partial charge in [-0.15, -0.1) is 5.10 Å². The van der Waals surface area contributed by atoms with E-state index >= 15 is 0 Å². The molecule has 0 saturated heterocycles. The van der Waals surface area contributed by atoms with Crippen LogP contribution in [0.3, 0.4) is 0 Å². The largest absolute Gasteiger partial charge is 0.481 e. The molecular weight excluding hydrogens is 326 g/mol. The molecule has 3 rings (SSSR count). The molecule has 2 aromatic rings. The quantitative estimate of drug-likeness (QED) is 0.668. The maximum Gasteiger partial charge on any atom is 0.312 e. The van der Waals surface area contributed by atoms with Gasteiger partial charge in [-0.05, 0) is 44.0 Å². The summed E-state index contributed by atoms with van der Waals surface area (Å²) in [4.78, 5) is 34.0. The monoisotopic (exact) mass is 343 g/mol. The molecule has 1 aromatic heterocycles. The zero-order valence-electron chi connectivity index (χ0n) is 13.5. The number of aliphatic carboxylic acids is 1. The second kappa shape index (κ2) is 6.71. The zero-order valence-corrected chi connectivity index (χ0v) is 13.5. The highest BCUT2D eigenvalue weighted by Gasteiger charge is 2.26. The minimum Gasteiger partial charge on any atom is -0.481 e. The van der Waals surface area contributed by atoms with Gasteiger partial charge in [0.15, 0.2) is 5.69 Å². The van der Waals surface area contributed by atoms with Crippen LogP contribution in [0.5, 0.6) is 0 Å². The van der Waals surface area contributed by atoms with E-state index in [0.29, 0.717) is 17.1 Å². The number of aromatic nitrogens is 3. The van der Waals surface area contributed by atoms with Crippen LogP contribution in [-0.2, 0) is 9.59 Å². The van der Waals surface area contributed by atoms with Gasteiger partial charge in [0.2, 0.25) is 5.91 Å². The van der Waals surface area contributed by atoms with Crippen molar-refractivity contribution in [3.8, 4) is 5.69 Å². The smallest absolute Gasteiger partial charge is 0.312 e. The van der Waals surface area contributed by atoms with Crippen molar-refractivity contribution in [3.63, 3.8) is 0 Å². The first-order chi connectivity index (χ1) is 11.9. The minimum absolute atomic E-state index is 0.233. The number of carboxylic acid groups (broad SMARTS) is 1. The lowest BCUT2D eigenvalue weighted by molar-refractivity contribution is -0.139. The summed E-state index contributed by atoms with van der Waals surface area (Å²) in [6, 6.07) is 6.88. The Morgan fingerprint density at radius 3 is 2.52 bits per heavy atom. The molecule has 1 aliphatic rings. The zero-order chi connectivity index (χ0) is 18.0. The molecule has 130 valence electrons. The number of carbonyl (C=O) groups excluding carboxylic acids is 2. The Hall–Kier alpha value is -3.23. The van der Waals surface area contributed by atoms with E-state index in [1.54, 1.807) is 31.2 Å². The molecule has 0 bridgehead atoms. The van der Waals surface area contributed by atoms with E-state index in [9.17, 15) is 14.4 Å². The summed E-state index contributed by atoms with van der Waals surface area (Å²) in [6.45, 7) is 1.75. The molecule has 1 heterocycles. The number of hydrogen-bond acceptors (Lipinski definition) is 5. The highest BCUT2D eigenvalue weighted by Crippen LogP contribution is 2.20. The highest BCUT2D eigenvalue weighted by molar-refractivity contribution is 6.01. The fourth-order valence-electron chi connectivity index (χ4n) is 2.29. The summed E-state index contributed by atoms with van der Waals surface area (Å²) in [5.41, 5.74) is 2.04. The average Bonchev–Trinajstić information content (AvgIpc) is 3.27. The van der Waals surface area contributed by atoms with Gasteiger partial charge in [-0.3, -0.25) is 14.4 Å². The number of rotatable bonds is 6. The summed E-state index contributed by atoms with van der Waals surface area (Å²) in [7, 11) is 0. The van der Waals surface area contributed by atoms with Crippen molar-refractivity contribution in [2.75, 3.05) is 5.32 Å². The number of nitrogens with zero attached hydrogens (tertiary/aromatic N) is 3. The summed E-state index contributed by atoms with van der Waals surface area (Å²) in [6.07, 6.45) is 1.39. The SMILES string of the molecule is Cc1c(C(=O)NC2CC2)nnn1-c1ccc(NC(=O)CC(=O)O)cc1. The molecule has 1 aromatic carbocycles. The maximum atomic E-state index is 12.1. The van der Waals surface area contributed by atoms with Crippen molar-refractivity contribution in [3.05, 3.63) is 35.7 Å². The lowest BCUT2D eigenvalue weighted by Crippen LogP contribution is -2.26. The highest BCUT2D eigenvalue weighted by atomic mass is 16.4. The number of carboxylic acids is 1. The molecular formula is C16H17N5O4. The lowest BCUT2D eigenvalue weighted by atomic mass is 10.2. The number of benzene rings is 1. The van der Waals surface area contributed by atoms with E-state index in [4.69, 9.17) is 5.11 Å². The van der Waals surface area contributed by atoms with Crippen molar-refractivity contribution >= 4 is 23.5 Å². The van der Waals surface area contributed by atoms with Crippen LogP contribution < -0.4 is 10.6 Å². The Balaban J connectivity index is 1.71. The molecule has 0 aliphatic heterocycles. The van der Waals surface area contributed by atoms with Gasteiger partial charge < -0.3 is 15.7 Å². The van der Waals surface area contributed by atoms with Crippen LogP contribution in [0.1, 0.15) is 35.4 Å². The molecule has 9 nitrogen and oxygen atoms in total. The first kappa shape index (κ1) is 16.6. The molecule has 0 atom stereocenters. The molecule has 3 N–H and O–H groups in total. The maximum absolute atomic E-state index is 12.1. The molecule has 0 radical (unpaired) electrons. The summed E-state index contributed by atoms with van der Waals surface area (Å²) in [5.74, 6) is -2.02. The third-order valence-corrected chi connectivity index (χ3v) is 3.73. The third-order valence-electron chi connectivity index (χ3n) is 3.73. The van der Waals surface area contributed by atoms with E-state index in [0.717, 1.165) is 12.8 Å². The number of carbonyl (C=O) groups is 3. The minimum atomic E-state index is -1.19. The van der Waals surface area contributed by atoms with E-state index in [2.05, 4.69) is 20.9 Å². The Morgan fingerprint density at radius 2 is 1.92 bits per heavy atom. The lowest BCUT2D eigenvalue weighted by Gasteiger charge is -2.07. The second-order valence-corrected chi connectivity index (χ2v) is 5.85. The van der Waals surface area contributed by atoms with Crippen LogP contribution in [0, 0.1) is 6.92 Å². The van der Waals surface area contributed by atoms with Gasteiger partial charge in [0, 0.05) is 11.7 Å². The van der Waals surface area contributed by atoms with Crippen LogP contribution in [-0.4, -0.2) is 43.9 Å². The van der Waals surface area contributed by atoms with Crippen LogP contribution in [0.2, 0.25) is 0 Å². The fraction of sp³-hybridized carbons (Fsp3) is 0.312. The normalized spacial score (nSPS) is 13.3. The van der Waals surface area contributed by atoms with Crippen molar-refractivity contribution < 1.29 is 19.5 Å². The van der Waals surface area contributed by atoms with Crippen molar-refractivity contribution in [1.29, 1.82) is 0 Å². The van der Waals surface area contributed by atoms with Gasteiger partial charge in [0.25, 0.3) is 5.91 Å². The second-order valence-electron chi connectivity index (χ2n) is 5.85. The van der Waals surface area contributed by atoms with E-state index in [1.165, 1.54) is 4.68 Å². The van der Waals surface area contributed by atoms with E-state index in [1.807, 2.05) is 0 Å². The molecule has 1 saturated carbocycles. The standard InChI is InChI=1S/C16H17N5O4/c1-9-15(16(25)18-11-2-3-11)19-20-21(9)12-6-4-10(5-7-12)17-13(22)8-14(23)24/h4-7,11H,2-3,8H2,1H3,(H,17,22)(H,18,25)(H,23,24). The molecule has 1 fully saturated rings. The van der Waals surface area contributed by atoms with Crippen LogP contribution in [0.4, 0.5) is 5.69 Å². The Bertz CT molecular complexity index is 824. The number of nitrogens with one attached hydrogen (secondary N) is 2. The van der Waals surface area contributed by atoms with Gasteiger partial charge in [-0.25, -0.2) is 4.68 Å². The van der Waals surface area contributed by atoms with Crippen molar-refractivity contribution in [2.24, 2.45) is 0 Å². The van der Waals surface area contributed by atoms with Crippen LogP contribution in [0.25, 0.3) is 5.69 Å². The molecule has 9 heteroatoms. The number of anilines is 1.